The molecule has 3 nitrogen and oxygen atoms in total. The molecule has 1 N–H and O–H groups in total. The van der Waals surface area contributed by atoms with Gasteiger partial charge in [-0.1, -0.05) is 6.08 Å². The van der Waals surface area contributed by atoms with Crippen molar-refractivity contribution in [1.82, 2.24) is 4.98 Å². The van der Waals surface area contributed by atoms with Crippen LogP contribution < -0.4 is 0 Å². The summed E-state index contributed by atoms with van der Waals surface area (Å²) in [7, 11) is 0. The zero-order valence-electron chi connectivity index (χ0n) is 5.73. The molecular formula is C7H7NO2S. The summed E-state index contributed by atoms with van der Waals surface area (Å²) >= 11 is 1.48. The Balaban J connectivity index is 2.43. The van der Waals surface area contributed by atoms with Gasteiger partial charge in [-0.2, -0.15) is 0 Å². The molecule has 1 rings (SSSR count). The van der Waals surface area contributed by atoms with E-state index in [9.17, 15) is 4.79 Å². The molecule has 0 atom stereocenters. The summed E-state index contributed by atoms with van der Waals surface area (Å²) in [4.78, 5) is 14.0. The fourth-order valence-electron chi connectivity index (χ4n) is 0.577. The molecule has 4 heteroatoms. The van der Waals surface area contributed by atoms with Gasteiger partial charge in [0.2, 0.25) is 0 Å². The van der Waals surface area contributed by atoms with Crippen LogP contribution in [0.3, 0.4) is 0 Å². The van der Waals surface area contributed by atoms with Gasteiger partial charge in [0.15, 0.2) is 0 Å². The SMILES string of the molecule is O=C(O)CC=Cc1nccs1. The first-order valence-electron chi connectivity index (χ1n) is 3.07. The molecule has 0 radical (unpaired) electrons. The normalized spacial score (nSPS) is 10.5. The molecule has 0 bridgehead atoms. The third-order valence-electron chi connectivity index (χ3n) is 1.00. The van der Waals surface area contributed by atoms with E-state index in [1.807, 2.05) is 5.38 Å². The molecule has 0 spiro atoms. The topological polar surface area (TPSA) is 50.2 Å². The van der Waals surface area contributed by atoms with Crippen LogP contribution in [0.2, 0.25) is 0 Å². The molecule has 0 aliphatic heterocycles. The lowest BCUT2D eigenvalue weighted by Gasteiger charge is -1.81. The number of aliphatic carboxylic acids is 1. The summed E-state index contributed by atoms with van der Waals surface area (Å²) in [6, 6.07) is 0. The van der Waals surface area contributed by atoms with Gasteiger partial charge in [0.25, 0.3) is 0 Å². The molecule has 0 aromatic carbocycles. The molecule has 0 aliphatic carbocycles. The van der Waals surface area contributed by atoms with Gasteiger partial charge in [-0.15, -0.1) is 11.3 Å². The molecule has 0 unspecified atom stereocenters. The van der Waals surface area contributed by atoms with E-state index in [0.717, 1.165) is 5.01 Å². The van der Waals surface area contributed by atoms with Crippen molar-refractivity contribution in [2.45, 2.75) is 6.42 Å². The quantitative estimate of drug-likeness (QED) is 0.748. The minimum Gasteiger partial charge on any atom is -0.481 e. The van der Waals surface area contributed by atoms with Crippen LogP contribution in [0.4, 0.5) is 0 Å². The Bertz CT molecular complexity index is 253. The van der Waals surface area contributed by atoms with Crippen molar-refractivity contribution >= 4 is 23.4 Å². The van der Waals surface area contributed by atoms with Crippen LogP contribution in [0.5, 0.6) is 0 Å². The van der Waals surface area contributed by atoms with Gasteiger partial charge in [-0.05, 0) is 6.08 Å². The summed E-state index contributed by atoms with van der Waals surface area (Å²) in [6.07, 6.45) is 5.03. The monoisotopic (exact) mass is 169 g/mol. The van der Waals surface area contributed by atoms with E-state index in [2.05, 4.69) is 4.98 Å². The number of aromatic nitrogens is 1. The number of rotatable bonds is 3. The first kappa shape index (κ1) is 7.94. The molecule has 0 aliphatic rings. The van der Waals surface area contributed by atoms with Crippen LogP contribution in [0, 0.1) is 0 Å². The highest BCUT2D eigenvalue weighted by molar-refractivity contribution is 7.10. The maximum absolute atomic E-state index is 10.1. The van der Waals surface area contributed by atoms with Gasteiger partial charge >= 0.3 is 5.97 Å². The second kappa shape index (κ2) is 3.88. The van der Waals surface area contributed by atoms with E-state index >= 15 is 0 Å². The predicted octanol–water partition coefficient (Wildman–Crippen LogP) is 1.63. The average Bonchev–Trinajstić information content (AvgIpc) is 2.39. The molecule has 1 aromatic heterocycles. The zero-order chi connectivity index (χ0) is 8.10. The molecule has 58 valence electrons. The van der Waals surface area contributed by atoms with Gasteiger partial charge in [-0.25, -0.2) is 4.98 Å². The Morgan fingerprint density at radius 2 is 2.64 bits per heavy atom. The molecule has 1 aromatic rings. The lowest BCUT2D eigenvalue weighted by atomic mass is 10.4. The number of carbonyl (C=O) groups is 1. The highest BCUT2D eigenvalue weighted by atomic mass is 32.1. The Morgan fingerprint density at radius 1 is 1.82 bits per heavy atom. The Kier molecular flexibility index (Phi) is 2.80. The zero-order valence-corrected chi connectivity index (χ0v) is 6.54. The summed E-state index contributed by atoms with van der Waals surface area (Å²) < 4.78 is 0. The summed E-state index contributed by atoms with van der Waals surface area (Å²) in [5.74, 6) is -0.821. The number of thiazole rings is 1. The maximum Gasteiger partial charge on any atom is 0.307 e. The third-order valence-corrected chi connectivity index (χ3v) is 1.75. The van der Waals surface area contributed by atoms with Crippen LogP contribution in [0.1, 0.15) is 11.4 Å². The van der Waals surface area contributed by atoms with Crippen molar-refractivity contribution in [2.75, 3.05) is 0 Å². The fourth-order valence-corrected chi connectivity index (χ4v) is 1.13. The van der Waals surface area contributed by atoms with Gasteiger partial charge in [0, 0.05) is 11.6 Å². The Hall–Kier alpha value is -1.16. The van der Waals surface area contributed by atoms with Crippen molar-refractivity contribution < 1.29 is 9.90 Å². The van der Waals surface area contributed by atoms with E-state index in [1.165, 1.54) is 11.3 Å². The summed E-state index contributed by atoms with van der Waals surface area (Å²) in [5.41, 5.74) is 0. The number of carboxylic acids is 1. The minimum atomic E-state index is -0.821. The lowest BCUT2D eigenvalue weighted by molar-refractivity contribution is -0.135. The predicted molar refractivity (Wildman–Crippen MR) is 43.4 cm³/mol. The second-order valence-corrected chi connectivity index (χ2v) is 2.80. The smallest absolute Gasteiger partial charge is 0.307 e. The van der Waals surface area contributed by atoms with E-state index in [4.69, 9.17) is 5.11 Å². The summed E-state index contributed by atoms with van der Waals surface area (Å²) in [5, 5.41) is 11.0. The van der Waals surface area contributed by atoms with Crippen LogP contribution in [0.15, 0.2) is 17.7 Å². The molecule has 0 amide bonds. The first-order chi connectivity index (χ1) is 5.29. The van der Waals surface area contributed by atoms with Crippen LogP contribution in [0.25, 0.3) is 6.08 Å². The molecule has 0 fully saturated rings. The second-order valence-electron chi connectivity index (χ2n) is 1.87. The largest absolute Gasteiger partial charge is 0.481 e. The van der Waals surface area contributed by atoms with Crippen molar-refractivity contribution in [1.29, 1.82) is 0 Å². The Labute approximate surface area is 68.0 Å². The number of carboxylic acid groups (broad SMARTS) is 1. The number of hydrogen-bond donors (Lipinski definition) is 1. The lowest BCUT2D eigenvalue weighted by Crippen LogP contribution is -1.89. The molecule has 0 saturated carbocycles. The van der Waals surface area contributed by atoms with Crippen LogP contribution >= 0.6 is 11.3 Å². The van der Waals surface area contributed by atoms with E-state index in [-0.39, 0.29) is 6.42 Å². The standard InChI is InChI=1S/C7H7NO2S/c9-7(10)3-1-2-6-8-4-5-11-6/h1-2,4-5H,3H2,(H,9,10). The van der Waals surface area contributed by atoms with Crippen molar-refractivity contribution in [3.8, 4) is 0 Å². The highest BCUT2D eigenvalue weighted by Crippen LogP contribution is 2.05. The van der Waals surface area contributed by atoms with Gasteiger partial charge in [-0.3, -0.25) is 4.79 Å². The van der Waals surface area contributed by atoms with Crippen LogP contribution in [-0.4, -0.2) is 16.1 Å². The molecular weight excluding hydrogens is 162 g/mol. The van der Waals surface area contributed by atoms with Gasteiger partial charge in [0.05, 0.1) is 6.42 Å². The van der Waals surface area contributed by atoms with E-state index in [0.29, 0.717) is 0 Å². The van der Waals surface area contributed by atoms with Crippen molar-refractivity contribution in [3.63, 3.8) is 0 Å². The third kappa shape index (κ3) is 2.95. The van der Waals surface area contributed by atoms with Gasteiger partial charge < -0.3 is 5.11 Å². The molecule has 11 heavy (non-hydrogen) atoms. The number of hydrogen-bond acceptors (Lipinski definition) is 3. The van der Waals surface area contributed by atoms with Crippen molar-refractivity contribution in [2.24, 2.45) is 0 Å². The Morgan fingerprint density at radius 3 is 3.18 bits per heavy atom. The highest BCUT2D eigenvalue weighted by Gasteiger charge is 1.90. The van der Waals surface area contributed by atoms with Crippen molar-refractivity contribution in [3.05, 3.63) is 22.7 Å². The first-order valence-corrected chi connectivity index (χ1v) is 3.95. The van der Waals surface area contributed by atoms with E-state index < -0.39 is 5.97 Å². The average molecular weight is 169 g/mol. The minimum absolute atomic E-state index is 0.0551. The van der Waals surface area contributed by atoms with E-state index in [1.54, 1.807) is 18.3 Å². The number of nitrogens with zero attached hydrogens (tertiary/aromatic N) is 1. The van der Waals surface area contributed by atoms with Gasteiger partial charge in [0.1, 0.15) is 5.01 Å². The molecule has 0 saturated heterocycles. The summed E-state index contributed by atoms with van der Waals surface area (Å²) in [6.45, 7) is 0. The maximum atomic E-state index is 10.1. The van der Waals surface area contributed by atoms with Crippen LogP contribution in [-0.2, 0) is 4.79 Å². The molecule has 1 heterocycles. The fraction of sp³-hybridized carbons (Fsp3) is 0.143.